The van der Waals surface area contributed by atoms with Gasteiger partial charge in [0, 0.05) is 25.3 Å². The van der Waals surface area contributed by atoms with Crippen LogP contribution in [0.1, 0.15) is 51.5 Å². The highest BCUT2D eigenvalue weighted by atomic mass is 16.5. The average molecular weight is 413 g/mol. The Bertz CT molecular complexity index is 829. The summed E-state index contributed by atoms with van der Waals surface area (Å²) >= 11 is 0. The third kappa shape index (κ3) is 4.51. The van der Waals surface area contributed by atoms with Crippen molar-refractivity contribution in [1.29, 1.82) is 0 Å². The van der Waals surface area contributed by atoms with E-state index < -0.39 is 0 Å². The van der Waals surface area contributed by atoms with Crippen LogP contribution in [0.3, 0.4) is 0 Å². The molecule has 7 heteroatoms. The Balaban J connectivity index is 1.44. The minimum atomic E-state index is -0.290. The van der Waals surface area contributed by atoms with Crippen LogP contribution in [-0.2, 0) is 9.53 Å². The molecule has 0 spiro atoms. The van der Waals surface area contributed by atoms with Gasteiger partial charge in [-0.3, -0.25) is 4.79 Å². The zero-order valence-corrected chi connectivity index (χ0v) is 18.0. The summed E-state index contributed by atoms with van der Waals surface area (Å²) in [4.78, 5) is 15.3. The van der Waals surface area contributed by atoms with Crippen molar-refractivity contribution >= 4 is 5.91 Å². The Hall–Kier alpha value is -2.41. The Morgan fingerprint density at radius 3 is 2.63 bits per heavy atom. The lowest BCUT2D eigenvalue weighted by molar-refractivity contribution is -0.149. The summed E-state index contributed by atoms with van der Waals surface area (Å²) in [7, 11) is 1.66. The summed E-state index contributed by atoms with van der Waals surface area (Å²) in [5.74, 6) is 1.34. The Morgan fingerprint density at radius 2 is 1.93 bits per heavy atom. The smallest absolute Gasteiger partial charge is 0.252 e. The summed E-state index contributed by atoms with van der Waals surface area (Å²) in [6.07, 6.45) is 8.27. The van der Waals surface area contributed by atoms with Crippen molar-refractivity contribution in [2.24, 2.45) is 5.92 Å². The molecule has 2 aromatic rings. The van der Waals surface area contributed by atoms with Crippen LogP contribution in [-0.4, -0.2) is 58.7 Å². The van der Waals surface area contributed by atoms with Crippen molar-refractivity contribution < 1.29 is 14.3 Å². The summed E-state index contributed by atoms with van der Waals surface area (Å²) in [6.45, 7) is 4.02. The molecular weight excluding hydrogens is 380 g/mol. The van der Waals surface area contributed by atoms with Gasteiger partial charge < -0.3 is 14.4 Å². The number of ether oxygens (including phenoxy) is 2. The molecule has 1 aromatic carbocycles. The first kappa shape index (κ1) is 20.8. The van der Waals surface area contributed by atoms with Crippen LogP contribution in [0.15, 0.2) is 30.5 Å². The van der Waals surface area contributed by atoms with Gasteiger partial charge in [0.05, 0.1) is 19.3 Å². The summed E-state index contributed by atoms with van der Waals surface area (Å²) < 4.78 is 13.1. The molecule has 1 saturated carbocycles. The van der Waals surface area contributed by atoms with Gasteiger partial charge in [0.25, 0.3) is 5.91 Å². The molecule has 1 amide bonds. The Morgan fingerprint density at radius 1 is 1.17 bits per heavy atom. The second kappa shape index (κ2) is 9.60. The van der Waals surface area contributed by atoms with Crippen LogP contribution >= 0.6 is 0 Å². The van der Waals surface area contributed by atoms with Crippen LogP contribution < -0.4 is 4.74 Å². The standard InChI is InChI=1S/C23H32N4O3/c1-3-30-22(18-7-4-5-8-18)23(28)26-14-6-9-19(15-26)27-16-21(24-25-27)17-10-12-20(29-2)13-11-17/h10-13,16,18-19,22H,3-9,14-15H2,1-2H3. The van der Waals surface area contributed by atoms with E-state index in [1.807, 2.05) is 47.0 Å². The normalized spacial score (nSPS) is 21.0. The molecule has 2 aliphatic rings. The molecule has 1 aliphatic carbocycles. The molecule has 2 heterocycles. The highest BCUT2D eigenvalue weighted by Gasteiger charge is 2.36. The van der Waals surface area contributed by atoms with Gasteiger partial charge in [0.15, 0.2) is 0 Å². The lowest BCUT2D eigenvalue weighted by atomic mass is 9.97. The van der Waals surface area contributed by atoms with Gasteiger partial charge in [-0.25, -0.2) is 4.68 Å². The maximum Gasteiger partial charge on any atom is 0.252 e. The number of carbonyl (C=O) groups is 1. The van der Waals surface area contributed by atoms with Crippen LogP contribution in [0.2, 0.25) is 0 Å². The van der Waals surface area contributed by atoms with Gasteiger partial charge >= 0.3 is 0 Å². The Kier molecular flexibility index (Phi) is 6.67. The van der Waals surface area contributed by atoms with Crippen LogP contribution in [0.4, 0.5) is 0 Å². The van der Waals surface area contributed by atoms with Crippen molar-refractivity contribution in [3.63, 3.8) is 0 Å². The van der Waals surface area contributed by atoms with Crippen LogP contribution in [0.25, 0.3) is 11.3 Å². The molecule has 1 saturated heterocycles. The minimum absolute atomic E-state index is 0.146. The van der Waals surface area contributed by atoms with Crippen LogP contribution in [0, 0.1) is 5.92 Å². The fraction of sp³-hybridized carbons (Fsp3) is 0.609. The summed E-state index contributed by atoms with van der Waals surface area (Å²) in [5, 5.41) is 8.74. The number of benzene rings is 1. The maximum absolute atomic E-state index is 13.3. The first-order valence-corrected chi connectivity index (χ1v) is 11.2. The zero-order valence-electron chi connectivity index (χ0n) is 18.0. The number of nitrogens with zero attached hydrogens (tertiary/aromatic N) is 4. The molecule has 2 unspecified atom stereocenters. The van der Waals surface area contributed by atoms with Gasteiger partial charge in [0.1, 0.15) is 17.5 Å². The third-order valence-corrected chi connectivity index (χ3v) is 6.40. The van der Waals surface area contributed by atoms with Gasteiger partial charge in [-0.15, -0.1) is 5.10 Å². The van der Waals surface area contributed by atoms with Crippen LogP contribution in [0.5, 0.6) is 5.75 Å². The predicted molar refractivity (Wildman–Crippen MR) is 114 cm³/mol. The second-order valence-corrected chi connectivity index (χ2v) is 8.31. The average Bonchev–Trinajstić information content (AvgIpc) is 3.50. The van der Waals surface area contributed by atoms with Crippen molar-refractivity contribution in [2.75, 3.05) is 26.8 Å². The van der Waals surface area contributed by atoms with Gasteiger partial charge in [-0.1, -0.05) is 18.1 Å². The molecule has 4 rings (SSSR count). The van der Waals surface area contributed by atoms with Gasteiger partial charge in [-0.2, -0.15) is 0 Å². The van der Waals surface area contributed by atoms with E-state index in [4.69, 9.17) is 9.47 Å². The number of amides is 1. The summed E-state index contributed by atoms with van der Waals surface area (Å²) in [6, 6.07) is 7.96. The van der Waals surface area contributed by atoms with E-state index in [9.17, 15) is 4.79 Å². The lowest BCUT2D eigenvalue weighted by Gasteiger charge is -2.36. The molecule has 1 aromatic heterocycles. The van der Waals surface area contributed by atoms with E-state index in [0.717, 1.165) is 49.2 Å². The molecule has 162 valence electrons. The SMILES string of the molecule is CCOC(C(=O)N1CCCC(n2cc(-c3ccc(OC)cc3)nn2)C1)C1CCCC1. The van der Waals surface area contributed by atoms with E-state index in [1.54, 1.807) is 7.11 Å². The number of methoxy groups -OCH3 is 1. The fourth-order valence-corrected chi connectivity index (χ4v) is 4.75. The fourth-order valence-electron chi connectivity index (χ4n) is 4.75. The number of hydrogen-bond donors (Lipinski definition) is 0. The topological polar surface area (TPSA) is 69.5 Å². The molecule has 1 aliphatic heterocycles. The lowest BCUT2D eigenvalue weighted by Crippen LogP contribution is -2.48. The molecular formula is C23H32N4O3. The highest BCUT2D eigenvalue weighted by molar-refractivity contribution is 5.81. The van der Waals surface area contributed by atoms with Crippen molar-refractivity contribution in [3.8, 4) is 17.0 Å². The predicted octanol–water partition coefficient (Wildman–Crippen LogP) is 3.71. The van der Waals surface area contributed by atoms with E-state index in [1.165, 1.54) is 12.8 Å². The number of rotatable bonds is 7. The second-order valence-electron chi connectivity index (χ2n) is 8.31. The maximum atomic E-state index is 13.3. The largest absolute Gasteiger partial charge is 0.497 e. The minimum Gasteiger partial charge on any atom is -0.497 e. The number of likely N-dealkylation sites (tertiary alicyclic amines) is 1. The highest BCUT2D eigenvalue weighted by Crippen LogP contribution is 2.32. The Labute approximate surface area is 178 Å². The van der Waals surface area contributed by atoms with E-state index >= 15 is 0 Å². The van der Waals surface area contributed by atoms with E-state index in [0.29, 0.717) is 19.1 Å². The number of carbonyl (C=O) groups excluding carboxylic acids is 1. The molecule has 30 heavy (non-hydrogen) atoms. The molecule has 2 atom stereocenters. The zero-order chi connectivity index (χ0) is 20.9. The van der Waals surface area contributed by atoms with Gasteiger partial charge in [0.2, 0.25) is 0 Å². The summed E-state index contributed by atoms with van der Waals surface area (Å²) in [5.41, 5.74) is 1.84. The van der Waals surface area contributed by atoms with Crippen molar-refractivity contribution in [2.45, 2.75) is 57.6 Å². The number of aromatic nitrogens is 3. The molecule has 0 radical (unpaired) electrons. The number of piperidine rings is 1. The quantitative estimate of drug-likeness (QED) is 0.693. The molecule has 2 fully saturated rings. The first-order chi connectivity index (χ1) is 14.7. The van der Waals surface area contributed by atoms with Crippen molar-refractivity contribution in [1.82, 2.24) is 19.9 Å². The third-order valence-electron chi connectivity index (χ3n) is 6.40. The monoisotopic (exact) mass is 412 g/mol. The van der Waals surface area contributed by atoms with E-state index in [2.05, 4.69) is 10.3 Å². The number of hydrogen-bond acceptors (Lipinski definition) is 5. The van der Waals surface area contributed by atoms with Crippen molar-refractivity contribution in [3.05, 3.63) is 30.5 Å². The van der Waals surface area contributed by atoms with E-state index in [-0.39, 0.29) is 18.1 Å². The molecule has 7 nitrogen and oxygen atoms in total. The molecule has 0 N–H and O–H groups in total. The molecule has 0 bridgehead atoms. The first-order valence-electron chi connectivity index (χ1n) is 11.2. The van der Waals surface area contributed by atoms with Gasteiger partial charge in [-0.05, 0) is 62.8 Å².